The predicted molar refractivity (Wildman–Crippen MR) is 56.6 cm³/mol. The SMILES string of the molecule is COc1cccc(C(N)CO)c1C(C)(F)F. The minimum absolute atomic E-state index is 0.0777. The highest BCUT2D eigenvalue weighted by molar-refractivity contribution is 5.44. The van der Waals surface area contributed by atoms with Crippen LogP contribution in [0.2, 0.25) is 0 Å². The molecule has 1 unspecified atom stereocenters. The predicted octanol–water partition coefficient (Wildman–Crippen LogP) is 1.80. The summed E-state index contributed by atoms with van der Waals surface area (Å²) in [6.45, 7) is 0.384. The van der Waals surface area contributed by atoms with Crippen molar-refractivity contribution in [2.45, 2.75) is 18.9 Å². The first-order chi connectivity index (χ1) is 7.41. The van der Waals surface area contributed by atoms with Crippen molar-refractivity contribution < 1.29 is 18.6 Å². The molecule has 0 aliphatic heterocycles. The van der Waals surface area contributed by atoms with Crippen LogP contribution >= 0.6 is 0 Å². The highest BCUT2D eigenvalue weighted by atomic mass is 19.3. The molecule has 0 bridgehead atoms. The van der Waals surface area contributed by atoms with Gasteiger partial charge in [-0.3, -0.25) is 0 Å². The summed E-state index contributed by atoms with van der Waals surface area (Å²) >= 11 is 0. The van der Waals surface area contributed by atoms with Crippen molar-refractivity contribution >= 4 is 0 Å². The highest BCUT2D eigenvalue weighted by Crippen LogP contribution is 2.38. The number of ether oxygens (including phenoxy) is 1. The zero-order valence-corrected chi connectivity index (χ0v) is 9.21. The Bertz CT molecular complexity index is 363. The molecular weight excluding hydrogens is 216 g/mol. The number of methoxy groups -OCH3 is 1. The topological polar surface area (TPSA) is 55.5 Å². The number of aliphatic hydroxyl groups excluding tert-OH is 1. The van der Waals surface area contributed by atoms with Gasteiger partial charge in [-0.05, 0) is 11.6 Å². The number of alkyl halides is 2. The van der Waals surface area contributed by atoms with Gasteiger partial charge in [0.15, 0.2) is 0 Å². The molecule has 5 heteroatoms. The molecule has 90 valence electrons. The monoisotopic (exact) mass is 231 g/mol. The summed E-state index contributed by atoms with van der Waals surface area (Å²) in [6.07, 6.45) is 0. The summed E-state index contributed by atoms with van der Waals surface area (Å²) < 4.78 is 31.8. The van der Waals surface area contributed by atoms with Crippen molar-refractivity contribution in [3.05, 3.63) is 29.3 Å². The Hall–Kier alpha value is -1.20. The summed E-state index contributed by atoms with van der Waals surface area (Å²) in [6, 6.07) is 3.64. The second-order valence-corrected chi connectivity index (χ2v) is 3.60. The standard InChI is InChI=1S/C11H15F2NO2/c1-11(12,13)10-7(8(14)6-15)4-3-5-9(10)16-2/h3-5,8,15H,6,14H2,1-2H3. The van der Waals surface area contributed by atoms with E-state index in [0.29, 0.717) is 0 Å². The number of aliphatic hydroxyl groups is 1. The molecule has 0 spiro atoms. The molecule has 0 aromatic heterocycles. The Morgan fingerprint density at radius 1 is 1.50 bits per heavy atom. The van der Waals surface area contributed by atoms with E-state index in [0.717, 1.165) is 6.92 Å². The fourth-order valence-electron chi connectivity index (χ4n) is 1.60. The number of hydrogen-bond donors (Lipinski definition) is 2. The third-order valence-corrected chi connectivity index (χ3v) is 2.31. The maximum atomic E-state index is 13.4. The van der Waals surface area contributed by atoms with E-state index in [2.05, 4.69) is 0 Å². The lowest BCUT2D eigenvalue weighted by molar-refractivity contribution is 0.0135. The quantitative estimate of drug-likeness (QED) is 0.830. The van der Waals surface area contributed by atoms with Crippen LogP contribution in [-0.2, 0) is 5.92 Å². The Labute approximate surface area is 92.8 Å². The highest BCUT2D eigenvalue weighted by Gasteiger charge is 2.32. The Balaban J connectivity index is 3.38. The van der Waals surface area contributed by atoms with E-state index in [1.165, 1.54) is 19.2 Å². The molecule has 1 rings (SSSR count). The van der Waals surface area contributed by atoms with Gasteiger partial charge >= 0.3 is 0 Å². The minimum atomic E-state index is -3.06. The summed E-state index contributed by atoms with van der Waals surface area (Å²) in [4.78, 5) is 0. The van der Waals surface area contributed by atoms with Crippen LogP contribution in [0.4, 0.5) is 8.78 Å². The maximum Gasteiger partial charge on any atom is 0.274 e. The molecule has 0 amide bonds. The molecule has 0 heterocycles. The fraction of sp³-hybridized carbons (Fsp3) is 0.455. The molecule has 0 fully saturated rings. The third-order valence-electron chi connectivity index (χ3n) is 2.31. The fourth-order valence-corrected chi connectivity index (χ4v) is 1.60. The first kappa shape index (κ1) is 12.9. The van der Waals surface area contributed by atoms with Gasteiger partial charge in [0, 0.05) is 6.92 Å². The molecule has 0 radical (unpaired) electrons. The molecule has 1 atom stereocenters. The van der Waals surface area contributed by atoms with E-state index < -0.39 is 18.6 Å². The second kappa shape index (κ2) is 4.76. The van der Waals surface area contributed by atoms with Gasteiger partial charge in [0.05, 0.1) is 25.3 Å². The molecule has 0 saturated carbocycles. The van der Waals surface area contributed by atoms with E-state index in [1.807, 2.05) is 0 Å². The van der Waals surface area contributed by atoms with Crippen LogP contribution in [0.5, 0.6) is 5.75 Å². The second-order valence-electron chi connectivity index (χ2n) is 3.60. The third kappa shape index (κ3) is 2.48. The van der Waals surface area contributed by atoms with Gasteiger partial charge in [0.1, 0.15) is 5.75 Å². The van der Waals surface area contributed by atoms with Gasteiger partial charge in [-0.1, -0.05) is 12.1 Å². The molecule has 0 saturated heterocycles. The molecule has 3 nitrogen and oxygen atoms in total. The van der Waals surface area contributed by atoms with E-state index in [9.17, 15) is 8.78 Å². The van der Waals surface area contributed by atoms with Crippen LogP contribution in [-0.4, -0.2) is 18.8 Å². The number of rotatable bonds is 4. The molecular formula is C11H15F2NO2. The van der Waals surface area contributed by atoms with Crippen molar-refractivity contribution in [3.8, 4) is 5.75 Å². The molecule has 1 aromatic carbocycles. The van der Waals surface area contributed by atoms with Gasteiger partial charge in [-0.15, -0.1) is 0 Å². The average Bonchev–Trinajstić information content (AvgIpc) is 2.25. The lowest BCUT2D eigenvalue weighted by atomic mass is 9.96. The summed E-state index contributed by atoms with van der Waals surface area (Å²) in [7, 11) is 1.32. The minimum Gasteiger partial charge on any atom is -0.496 e. The zero-order chi connectivity index (χ0) is 12.3. The van der Waals surface area contributed by atoms with E-state index in [1.54, 1.807) is 6.07 Å². The van der Waals surface area contributed by atoms with Crippen LogP contribution < -0.4 is 10.5 Å². The van der Waals surface area contributed by atoms with Gasteiger partial charge in [0.25, 0.3) is 5.92 Å². The number of benzene rings is 1. The van der Waals surface area contributed by atoms with Gasteiger partial charge in [-0.25, -0.2) is 8.78 Å². The normalized spacial score (nSPS) is 13.6. The van der Waals surface area contributed by atoms with Gasteiger partial charge in [0.2, 0.25) is 0 Å². The largest absolute Gasteiger partial charge is 0.496 e. The van der Waals surface area contributed by atoms with Crippen LogP contribution in [0.15, 0.2) is 18.2 Å². The molecule has 1 aromatic rings. The van der Waals surface area contributed by atoms with Crippen LogP contribution in [0, 0.1) is 0 Å². The maximum absolute atomic E-state index is 13.4. The smallest absolute Gasteiger partial charge is 0.274 e. The van der Waals surface area contributed by atoms with Crippen LogP contribution in [0.1, 0.15) is 24.1 Å². The Kier molecular flexibility index (Phi) is 3.83. The molecule has 0 aliphatic rings. The average molecular weight is 231 g/mol. The van der Waals surface area contributed by atoms with Gasteiger partial charge < -0.3 is 15.6 Å². The first-order valence-electron chi connectivity index (χ1n) is 4.83. The lowest BCUT2D eigenvalue weighted by Crippen LogP contribution is -2.21. The van der Waals surface area contributed by atoms with Crippen LogP contribution in [0.25, 0.3) is 0 Å². The van der Waals surface area contributed by atoms with E-state index in [-0.39, 0.29) is 16.9 Å². The van der Waals surface area contributed by atoms with Crippen molar-refractivity contribution in [2.24, 2.45) is 5.73 Å². The zero-order valence-electron chi connectivity index (χ0n) is 9.21. The summed E-state index contributed by atoms with van der Waals surface area (Å²) in [5.41, 5.74) is 5.51. The van der Waals surface area contributed by atoms with Crippen molar-refractivity contribution in [3.63, 3.8) is 0 Å². The van der Waals surface area contributed by atoms with Crippen molar-refractivity contribution in [1.82, 2.24) is 0 Å². The Morgan fingerprint density at radius 2 is 2.12 bits per heavy atom. The number of halogens is 2. The van der Waals surface area contributed by atoms with Crippen molar-refractivity contribution in [2.75, 3.05) is 13.7 Å². The van der Waals surface area contributed by atoms with Crippen molar-refractivity contribution in [1.29, 1.82) is 0 Å². The number of hydrogen-bond acceptors (Lipinski definition) is 3. The molecule has 0 aliphatic carbocycles. The summed E-state index contributed by atoms with van der Waals surface area (Å²) in [5, 5.41) is 8.93. The number of nitrogens with two attached hydrogens (primary N) is 1. The van der Waals surface area contributed by atoms with E-state index in [4.69, 9.17) is 15.6 Å². The lowest BCUT2D eigenvalue weighted by Gasteiger charge is -2.21. The molecule has 16 heavy (non-hydrogen) atoms. The first-order valence-corrected chi connectivity index (χ1v) is 4.83. The molecule has 3 N–H and O–H groups in total. The summed E-state index contributed by atoms with van der Waals surface area (Å²) in [5.74, 6) is -2.98. The van der Waals surface area contributed by atoms with Crippen LogP contribution in [0.3, 0.4) is 0 Å². The van der Waals surface area contributed by atoms with Gasteiger partial charge in [-0.2, -0.15) is 0 Å². The van der Waals surface area contributed by atoms with E-state index >= 15 is 0 Å². The Morgan fingerprint density at radius 3 is 2.56 bits per heavy atom.